The highest BCUT2D eigenvalue weighted by Gasteiger charge is 2.12. The van der Waals surface area contributed by atoms with Crippen LogP contribution in [0.3, 0.4) is 0 Å². The highest BCUT2D eigenvalue weighted by atomic mass is 35.5. The number of carbonyl (C=O) groups excluding carboxylic acids is 1. The van der Waals surface area contributed by atoms with Crippen molar-refractivity contribution in [3.8, 4) is 5.75 Å². The van der Waals surface area contributed by atoms with Crippen molar-refractivity contribution in [2.75, 3.05) is 18.5 Å². The standard InChI is InChI=1S/C18H17ClN4O3S/c1-12-2-4-13(5-3-12)26-10-17-22-14(11-27-17)18(24)25-7-6-21-16-9-20-8-15(19)23-16/h2-5,8-9,11H,6-7,10H2,1H3,(H,21,23). The molecule has 27 heavy (non-hydrogen) atoms. The second-order valence-corrected chi connectivity index (χ2v) is 6.85. The fourth-order valence-electron chi connectivity index (χ4n) is 2.07. The minimum atomic E-state index is -0.480. The fourth-order valence-corrected chi connectivity index (χ4v) is 2.90. The summed E-state index contributed by atoms with van der Waals surface area (Å²) in [5.74, 6) is 0.796. The maximum absolute atomic E-state index is 12.0. The summed E-state index contributed by atoms with van der Waals surface area (Å²) in [4.78, 5) is 24.2. The van der Waals surface area contributed by atoms with Gasteiger partial charge in [-0.2, -0.15) is 0 Å². The molecule has 2 heterocycles. The Bertz CT molecular complexity index is 902. The number of rotatable bonds is 8. The molecule has 0 atom stereocenters. The lowest BCUT2D eigenvalue weighted by Crippen LogP contribution is -2.15. The van der Waals surface area contributed by atoms with Gasteiger partial charge >= 0.3 is 5.97 Å². The summed E-state index contributed by atoms with van der Waals surface area (Å²) >= 11 is 7.10. The highest BCUT2D eigenvalue weighted by Crippen LogP contribution is 2.16. The SMILES string of the molecule is Cc1ccc(OCc2nc(C(=O)OCCNc3cncc(Cl)n3)cs2)cc1. The van der Waals surface area contributed by atoms with Gasteiger partial charge in [-0.15, -0.1) is 11.3 Å². The van der Waals surface area contributed by atoms with E-state index in [1.807, 2.05) is 31.2 Å². The number of carbonyl (C=O) groups is 1. The van der Waals surface area contributed by atoms with Crippen LogP contribution in [0.25, 0.3) is 0 Å². The summed E-state index contributed by atoms with van der Waals surface area (Å²) in [6.45, 7) is 2.87. The Morgan fingerprint density at radius 1 is 1.22 bits per heavy atom. The summed E-state index contributed by atoms with van der Waals surface area (Å²) in [5.41, 5.74) is 1.43. The van der Waals surface area contributed by atoms with Crippen molar-refractivity contribution in [1.29, 1.82) is 0 Å². The zero-order valence-electron chi connectivity index (χ0n) is 14.5. The first-order valence-corrected chi connectivity index (χ1v) is 9.38. The van der Waals surface area contributed by atoms with E-state index in [1.165, 1.54) is 29.3 Å². The number of esters is 1. The Morgan fingerprint density at radius 3 is 2.81 bits per heavy atom. The number of nitrogens with one attached hydrogen (secondary N) is 1. The van der Waals surface area contributed by atoms with Gasteiger partial charge in [-0.25, -0.2) is 14.8 Å². The highest BCUT2D eigenvalue weighted by molar-refractivity contribution is 7.09. The third-order valence-corrected chi connectivity index (χ3v) is 4.40. The summed E-state index contributed by atoms with van der Waals surface area (Å²) in [7, 11) is 0. The number of hydrogen-bond acceptors (Lipinski definition) is 8. The van der Waals surface area contributed by atoms with Gasteiger partial charge in [0.15, 0.2) is 5.69 Å². The topological polar surface area (TPSA) is 86.2 Å². The quantitative estimate of drug-likeness (QED) is 0.452. The molecule has 0 amide bonds. The lowest BCUT2D eigenvalue weighted by molar-refractivity contribution is 0.0514. The van der Waals surface area contributed by atoms with E-state index in [4.69, 9.17) is 21.1 Å². The van der Waals surface area contributed by atoms with Crippen LogP contribution in [0, 0.1) is 6.92 Å². The van der Waals surface area contributed by atoms with E-state index in [-0.39, 0.29) is 12.3 Å². The van der Waals surface area contributed by atoms with Gasteiger partial charge < -0.3 is 14.8 Å². The Labute approximate surface area is 165 Å². The molecule has 0 fully saturated rings. The van der Waals surface area contributed by atoms with Gasteiger partial charge in [0.25, 0.3) is 0 Å². The van der Waals surface area contributed by atoms with E-state index in [0.29, 0.717) is 29.1 Å². The summed E-state index contributed by atoms with van der Waals surface area (Å²) in [5, 5.41) is 5.62. The van der Waals surface area contributed by atoms with Crippen molar-refractivity contribution < 1.29 is 14.3 Å². The van der Waals surface area contributed by atoms with Crippen LogP contribution in [0.4, 0.5) is 5.82 Å². The summed E-state index contributed by atoms with van der Waals surface area (Å²) in [6, 6.07) is 7.75. The summed E-state index contributed by atoms with van der Waals surface area (Å²) in [6.07, 6.45) is 2.98. The molecule has 0 unspecified atom stereocenters. The Hall–Kier alpha value is -2.71. The van der Waals surface area contributed by atoms with Gasteiger partial charge in [-0.1, -0.05) is 29.3 Å². The Balaban J connectivity index is 1.42. The van der Waals surface area contributed by atoms with Gasteiger partial charge in [0.05, 0.1) is 18.9 Å². The van der Waals surface area contributed by atoms with Crippen molar-refractivity contribution in [2.45, 2.75) is 13.5 Å². The zero-order valence-corrected chi connectivity index (χ0v) is 16.1. The van der Waals surface area contributed by atoms with Gasteiger partial charge in [-0.05, 0) is 19.1 Å². The first-order chi connectivity index (χ1) is 13.1. The minimum absolute atomic E-state index is 0.166. The number of ether oxygens (including phenoxy) is 2. The zero-order chi connectivity index (χ0) is 19.1. The predicted octanol–water partition coefficient (Wildman–Crippen LogP) is 3.74. The Morgan fingerprint density at radius 2 is 2.04 bits per heavy atom. The molecule has 3 aromatic rings. The average molecular weight is 405 g/mol. The normalized spacial score (nSPS) is 10.4. The van der Waals surface area contributed by atoms with Crippen molar-refractivity contribution in [1.82, 2.24) is 15.0 Å². The van der Waals surface area contributed by atoms with Crippen molar-refractivity contribution in [2.24, 2.45) is 0 Å². The van der Waals surface area contributed by atoms with Gasteiger partial charge in [0.1, 0.15) is 34.9 Å². The van der Waals surface area contributed by atoms with E-state index < -0.39 is 5.97 Å². The van der Waals surface area contributed by atoms with E-state index >= 15 is 0 Å². The molecule has 140 valence electrons. The van der Waals surface area contributed by atoms with Gasteiger partial charge in [0, 0.05) is 5.38 Å². The number of thiazole rings is 1. The lowest BCUT2D eigenvalue weighted by Gasteiger charge is -2.06. The molecule has 2 aromatic heterocycles. The first-order valence-electron chi connectivity index (χ1n) is 8.12. The molecular weight excluding hydrogens is 388 g/mol. The van der Waals surface area contributed by atoms with Crippen LogP contribution in [0.2, 0.25) is 5.15 Å². The number of nitrogens with zero attached hydrogens (tertiary/aromatic N) is 3. The predicted molar refractivity (Wildman–Crippen MR) is 103 cm³/mol. The molecule has 0 aliphatic heterocycles. The molecule has 0 aliphatic rings. The van der Waals surface area contributed by atoms with Crippen LogP contribution in [-0.2, 0) is 11.3 Å². The maximum Gasteiger partial charge on any atom is 0.357 e. The minimum Gasteiger partial charge on any atom is -0.486 e. The Kier molecular flexibility index (Phi) is 6.56. The van der Waals surface area contributed by atoms with Crippen LogP contribution < -0.4 is 10.1 Å². The second-order valence-electron chi connectivity index (χ2n) is 5.52. The number of benzene rings is 1. The van der Waals surface area contributed by atoms with Crippen molar-refractivity contribution in [3.05, 3.63) is 63.5 Å². The third-order valence-electron chi connectivity index (χ3n) is 3.39. The molecule has 1 N–H and O–H groups in total. The molecule has 9 heteroatoms. The molecule has 1 aromatic carbocycles. The molecule has 7 nitrogen and oxygen atoms in total. The van der Waals surface area contributed by atoms with E-state index in [2.05, 4.69) is 20.3 Å². The van der Waals surface area contributed by atoms with Crippen LogP contribution in [0.15, 0.2) is 42.0 Å². The monoisotopic (exact) mass is 404 g/mol. The number of aromatic nitrogens is 3. The maximum atomic E-state index is 12.0. The third kappa shape index (κ3) is 5.90. The van der Waals surface area contributed by atoms with E-state index in [9.17, 15) is 4.79 Å². The van der Waals surface area contributed by atoms with Crippen LogP contribution in [0.1, 0.15) is 21.1 Å². The second kappa shape index (κ2) is 9.29. The van der Waals surface area contributed by atoms with E-state index in [0.717, 1.165) is 5.75 Å². The first kappa shape index (κ1) is 19.1. The summed E-state index contributed by atoms with van der Waals surface area (Å²) < 4.78 is 10.8. The molecular formula is C18H17ClN4O3S. The number of halogens is 1. The van der Waals surface area contributed by atoms with Crippen LogP contribution in [-0.4, -0.2) is 34.1 Å². The molecule has 0 saturated carbocycles. The van der Waals surface area contributed by atoms with Crippen molar-refractivity contribution in [3.63, 3.8) is 0 Å². The van der Waals surface area contributed by atoms with Crippen molar-refractivity contribution >= 4 is 34.7 Å². The number of hydrogen-bond donors (Lipinski definition) is 1. The van der Waals surface area contributed by atoms with Crippen LogP contribution >= 0.6 is 22.9 Å². The average Bonchev–Trinajstić information content (AvgIpc) is 3.14. The number of aryl methyl sites for hydroxylation is 1. The number of anilines is 1. The van der Waals surface area contributed by atoms with Crippen LogP contribution in [0.5, 0.6) is 5.75 Å². The molecule has 0 spiro atoms. The smallest absolute Gasteiger partial charge is 0.357 e. The largest absolute Gasteiger partial charge is 0.486 e. The van der Waals surface area contributed by atoms with Gasteiger partial charge in [0.2, 0.25) is 0 Å². The molecule has 0 bridgehead atoms. The van der Waals surface area contributed by atoms with Gasteiger partial charge in [-0.3, -0.25) is 4.98 Å². The molecule has 0 radical (unpaired) electrons. The lowest BCUT2D eigenvalue weighted by atomic mass is 10.2. The fraction of sp³-hybridized carbons (Fsp3) is 0.222. The molecule has 0 saturated heterocycles. The van der Waals surface area contributed by atoms with E-state index in [1.54, 1.807) is 5.38 Å². The molecule has 0 aliphatic carbocycles. The molecule has 3 rings (SSSR count).